The van der Waals surface area contributed by atoms with Crippen LogP contribution in [0.1, 0.15) is 65.2 Å². The van der Waals surface area contributed by atoms with E-state index >= 15 is 0 Å². The molecule has 0 bridgehead atoms. The van der Waals surface area contributed by atoms with E-state index in [9.17, 15) is 0 Å². The summed E-state index contributed by atoms with van der Waals surface area (Å²) in [5, 5.41) is 0. The number of unbranched alkanes of at least 4 members (excludes halogenated alkanes) is 2. The zero-order valence-electron chi connectivity index (χ0n) is 11.1. The third kappa shape index (κ3) is 4.84. The van der Waals surface area contributed by atoms with Crippen molar-refractivity contribution in [3.05, 3.63) is 0 Å². The van der Waals surface area contributed by atoms with Gasteiger partial charge in [-0.3, -0.25) is 0 Å². The summed E-state index contributed by atoms with van der Waals surface area (Å²) >= 11 is 0. The fourth-order valence-corrected chi connectivity index (χ4v) is 2.68. The summed E-state index contributed by atoms with van der Waals surface area (Å²) in [7, 11) is 0. The van der Waals surface area contributed by atoms with Crippen LogP contribution >= 0.6 is 0 Å². The first-order chi connectivity index (χ1) is 7.77. The van der Waals surface area contributed by atoms with Gasteiger partial charge in [0, 0.05) is 12.6 Å². The van der Waals surface area contributed by atoms with Gasteiger partial charge in [-0.25, -0.2) is 0 Å². The number of hydrogen-bond acceptors (Lipinski definition) is 2. The van der Waals surface area contributed by atoms with Crippen LogP contribution in [-0.4, -0.2) is 18.8 Å². The van der Waals surface area contributed by atoms with Gasteiger partial charge in [-0.1, -0.05) is 39.5 Å². The molecule has 0 aliphatic heterocycles. The van der Waals surface area contributed by atoms with Gasteiger partial charge in [-0.05, 0) is 31.6 Å². The van der Waals surface area contributed by atoms with E-state index in [1.807, 2.05) is 0 Å². The highest BCUT2D eigenvalue weighted by Crippen LogP contribution is 2.29. The van der Waals surface area contributed by atoms with E-state index in [1.54, 1.807) is 0 Å². The predicted molar refractivity (Wildman–Crippen MR) is 69.5 cm³/mol. The molecule has 0 aromatic rings. The van der Waals surface area contributed by atoms with E-state index in [4.69, 9.17) is 10.5 Å². The zero-order valence-corrected chi connectivity index (χ0v) is 11.1. The van der Waals surface area contributed by atoms with Crippen molar-refractivity contribution in [2.24, 2.45) is 11.7 Å². The van der Waals surface area contributed by atoms with Crippen LogP contribution in [0.15, 0.2) is 0 Å². The van der Waals surface area contributed by atoms with Crippen LogP contribution in [0.5, 0.6) is 0 Å². The molecule has 0 saturated heterocycles. The van der Waals surface area contributed by atoms with Crippen molar-refractivity contribution in [2.75, 3.05) is 6.61 Å². The molecule has 2 nitrogen and oxygen atoms in total. The minimum Gasteiger partial charge on any atom is -0.377 e. The van der Waals surface area contributed by atoms with Crippen LogP contribution in [0.4, 0.5) is 0 Å². The third-order valence-electron chi connectivity index (χ3n) is 3.73. The van der Waals surface area contributed by atoms with Crippen LogP contribution < -0.4 is 5.73 Å². The smallest absolute Gasteiger partial charge is 0.0728 e. The van der Waals surface area contributed by atoms with Gasteiger partial charge in [0.25, 0.3) is 0 Å². The molecule has 1 rings (SSSR count). The van der Waals surface area contributed by atoms with E-state index in [0.29, 0.717) is 6.10 Å². The highest BCUT2D eigenvalue weighted by atomic mass is 16.5. The molecule has 96 valence electrons. The molecule has 1 saturated carbocycles. The lowest BCUT2D eigenvalue weighted by Gasteiger charge is -2.34. The molecule has 3 atom stereocenters. The van der Waals surface area contributed by atoms with E-state index in [1.165, 1.54) is 44.9 Å². The first-order valence-corrected chi connectivity index (χ1v) is 7.15. The van der Waals surface area contributed by atoms with E-state index in [0.717, 1.165) is 18.9 Å². The summed E-state index contributed by atoms with van der Waals surface area (Å²) in [6.45, 7) is 5.40. The van der Waals surface area contributed by atoms with Crippen LogP contribution in [-0.2, 0) is 4.74 Å². The average molecular weight is 227 g/mol. The van der Waals surface area contributed by atoms with Gasteiger partial charge < -0.3 is 10.5 Å². The molecule has 3 unspecified atom stereocenters. The Morgan fingerprint density at radius 1 is 1.12 bits per heavy atom. The molecule has 0 radical (unpaired) electrons. The maximum absolute atomic E-state index is 6.13. The number of nitrogens with two attached hydrogens (primary N) is 1. The molecule has 0 heterocycles. The van der Waals surface area contributed by atoms with Crippen LogP contribution in [0.25, 0.3) is 0 Å². The van der Waals surface area contributed by atoms with Crippen LogP contribution in [0.2, 0.25) is 0 Å². The normalized spacial score (nSPS) is 30.6. The lowest BCUT2D eigenvalue weighted by Crippen LogP contribution is -2.42. The fraction of sp³-hybridized carbons (Fsp3) is 1.00. The minimum absolute atomic E-state index is 0.287. The Morgan fingerprint density at radius 3 is 2.62 bits per heavy atom. The molecule has 1 aliphatic rings. The first-order valence-electron chi connectivity index (χ1n) is 7.15. The molecule has 0 aromatic carbocycles. The van der Waals surface area contributed by atoms with Gasteiger partial charge in [-0.15, -0.1) is 0 Å². The fourth-order valence-electron chi connectivity index (χ4n) is 2.68. The molecular formula is C14H29NO. The summed E-state index contributed by atoms with van der Waals surface area (Å²) in [5.74, 6) is 0.862. The molecule has 2 heteroatoms. The molecule has 0 spiro atoms. The average Bonchev–Trinajstić information content (AvgIpc) is 2.29. The maximum Gasteiger partial charge on any atom is 0.0728 e. The summed E-state index contributed by atoms with van der Waals surface area (Å²) in [5.41, 5.74) is 6.13. The van der Waals surface area contributed by atoms with Crippen molar-refractivity contribution in [3.8, 4) is 0 Å². The van der Waals surface area contributed by atoms with Crippen molar-refractivity contribution >= 4 is 0 Å². The lowest BCUT2D eigenvalue weighted by molar-refractivity contribution is -0.00303. The van der Waals surface area contributed by atoms with Crippen molar-refractivity contribution in [3.63, 3.8) is 0 Å². The lowest BCUT2D eigenvalue weighted by atomic mass is 9.82. The largest absolute Gasteiger partial charge is 0.377 e. The van der Waals surface area contributed by atoms with Crippen molar-refractivity contribution < 1.29 is 4.74 Å². The first kappa shape index (κ1) is 14.0. The Hall–Kier alpha value is -0.0800. The Kier molecular flexibility index (Phi) is 7.06. The van der Waals surface area contributed by atoms with E-state index < -0.39 is 0 Å². The van der Waals surface area contributed by atoms with Gasteiger partial charge in [0.05, 0.1) is 6.10 Å². The van der Waals surface area contributed by atoms with Gasteiger partial charge in [0.1, 0.15) is 0 Å². The highest BCUT2D eigenvalue weighted by Gasteiger charge is 2.27. The Balaban J connectivity index is 2.21. The van der Waals surface area contributed by atoms with Crippen molar-refractivity contribution in [1.82, 2.24) is 0 Å². The minimum atomic E-state index is 0.287. The molecule has 1 aliphatic carbocycles. The molecule has 0 aromatic heterocycles. The summed E-state index contributed by atoms with van der Waals surface area (Å²) < 4.78 is 5.95. The molecule has 1 fully saturated rings. The van der Waals surface area contributed by atoms with Crippen LogP contribution in [0.3, 0.4) is 0 Å². The predicted octanol–water partition coefficient (Wildman–Crippen LogP) is 3.49. The second-order valence-corrected chi connectivity index (χ2v) is 5.25. The van der Waals surface area contributed by atoms with E-state index in [-0.39, 0.29) is 6.04 Å². The van der Waals surface area contributed by atoms with Gasteiger partial charge in [-0.2, -0.15) is 0 Å². The van der Waals surface area contributed by atoms with Crippen molar-refractivity contribution in [2.45, 2.75) is 77.4 Å². The van der Waals surface area contributed by atoms with Gasteiger partial charge in [0.15, 0.2) is 0 Å². The number of rotatable bonds is 7. The van der Waals surface area contributed by atoms with Gasteiger partial charge >= 0.3 is 0 Å². The highest BCUT2D eigenvalue weighted by molar-refractivity contribution is 4.83. The topological polar surface area (TPSA) is 35.2 Å². The SMILES string of the molecule is CCCCCOC1CC(CCC)CCC1N. The van der Waals surface area contributed by atoms with Crippen molar-refractivity contribution in [1.29, 1.82) is 0 Å². The summed E-state index contributed by atoms with van der Waals surface area (Å²) in [6, 6.07) is 0.287. The molecule has 2 N–H and O–H groups in total. The standard InChI is InChI=1S/C14H29NO/c1-3-5-6-10-16-14-11-12(7-4-2)8-9-13(14)15/h12-14H,3-11,15H2,1-2H3. The summed E-state index contributed by atoms with van der Waals surface area (Å²) in [4.78, 5) is 0. The molecular weight excluding hydrogens is 198 g/mol. The Morgan fingerprint density at radius 2 is 1.94 bits per heavy atom. The van der Waals surface area contributed by atoms with E-state index in [2.05, 4.69) is 13.8 Å². The molecule has 16 heavy (non-hydrogen) atoms. The monoisotopic (exact) mass is 227 g/mol. The molecule has 0 amide bonds. The summed E-state index contributed by atoms with van der Waals surface area (Å²) in [6.07, 6.45) is 10.4. The third-order valence-corrected chi connectivity index (χ3v) is 3.73. The Bertz CT molecular complexity index is 172. The van der Waals surface area contributed by atoms with Gasteiger partial charge in [0.2, 0.25) is 0 Å². The maximum atomic E-state index is 6.13. The second kappa shape index (κ2) is 8.08. The Labute approximate surface area is 101 Å². The zero-order chi connectivity index (χ0) is 11.8. The number of hydrogen-bond donors (Lipinski definition) is 1. The number of ether oxygens (including phenoxy) is 1. The quantitative estimate of drug-likeness (QED) is 0.676. The van der Waals surface area contributed by atoms with Crippen LogP contribution in [0, 0.1) is 5.92 Å². The second-order valence-electron chi connectivity index (χ2n) is 5.25.